The lowest BCUT2D eigenvalue weighted by atomic mass is 10.1. The highest BCUT2D eigenvalue weighted by Crippen LogP contribution is 2.27. The van der Waals surface area contributed by atoms with Crippen LogP contribution in [0.5, 0.6) is 0 Å². The minimum atomic E-state index is 0.0780. The molecule has 0 saturated heterocycles. The molecule has 1 aromatic carbocycles. The number of nitriles is 1. The number of nitrogens with zero attached hydrogens (tertiary/aromatic N) is 6. The number of aromatic nitrogens is 5. The first kappa shape index (κ1) is 13.8. The minimum absolute atomic E-state index is 0.0780. The van der Waals surface area contributed by atoms with E-state index in [1.807, 2.05) is 36.4 Å². The zero-order valence-corrected chi connectivity index (χ0v) is 12.5. The molecule has 0 amide bonds. The lowest BCUT2D eigenvalue weighted by Crippen LogP contribution is -2.08. The van der Waals surface area contributed by atoms with Crippen LogP contribution in [-0.4, -0.2) is 24.7 Å². The number of fused-ring (bicyclic) bond motifs is 1. The van der Waals surface area contributed by atoms with E-state index in [0.29, 0.717) is 11.5 Å². The van der Waals surface area contributed by atoms with Crippen LogP contribution in [0.15, 0.2) is 55.0 Å². The largest absolute Gasteiger partial charge is 0.381 e. The van der Waals surface area contributed by atoms with E-state index in [1.54, 1.807) is 29.3 Å². The van der Waals surface area contributed by atoms with Crippen molar-refractivity contribution >= 4 is 16.7 Å². The number of hydrogen-bond acceptors (Lipinski definition) is 6. The summed E-state index contributed by atoms with van der Waals surface area (Å²) in [5.41, 5.74) is 8.15. The standard InChI is InChI=1S/C17H11N7/c18-10-14-16(19)23-17(24-8-2-7-21-24)15(22-14)12-4-5-13-11(9-12)3-1-6-20-13/h1-9H,(H2,19,23). The van der Waals surface area contributed by atoms with Gasteiger partial charge in [0.05, 0.1) is 5.52 Å². The lowest BCUT2D eigenvalue weighted by Gasteiger charge is -2.10. The van der Waals surface area contributed by atoms with E-state index in [9.17, 15) is 5.26 Å². The Morgan fingerprint density at radius 1 is 1.08 bits per heavy atom. The van der Waals surface area contributed by atoms with E-state index >= 15 is 0 Å². The fourth-order valence-electron chi connectivity index (χ4n) is 2.49. The molecule has 7 nitrogen and oxygen atoms in total. The van der Waals surface area contributed by atoms with E-state index in [-0.39, 0.29) is 11.5 Å². The zero-order valence-electron chi connectivity index (χ0n) is 12.5. The Labute approximate surface area is 137 Å². The van der Waals surface area contributed by atoms with Gasteiger partial charge in [0.15, 0.2) is 17.3 Å². The van der Waals surface area contributed by atoms with Crippen LogP contribution in [0.4, 0.5) is 5.82 Å². The molecule has 24 heavy (non-hydrogen) atoms. The number of rotatable bonds is 2. The second kappa shape index (κ2) is 5.44. The van der Waals surface area contributed by atoms with Gasteiger partial charge >= 0.3 is 0 Å². The molecule has 4 aromatic rings. The second-order valence-corrected chi connectivity index (χ2v) is 5.10. The van der Waals surface area contributed by atoms with E-state index in [4.69, 9.17) is 5.73 Å². The maximum Gasteiger partial charge on any atom is 0.183 e. The Hall–Kier alpha value is -3.79. The summed E-state index contributed by atoms with van der Waals surface area (Å²) in [5, 5.41) is 14.4. The van der Waals surface area contributed by atoms with Gasteiger partial charge in [0.1, 0.15) is 11.8 Å². The van der Waals surface area contributed by atoms with Gasteiger partial charge in [-0.1, -0.05) is 12.1 Å². The predicted octanol–water partition coefficient (Wildman–Crippen LogP) is 2.33. The van der Waals surface area contributed by atoms with Crippen molar-refractivity contribution in [1.82, 2.24) is 24.7 Å². The Bertz CT molecular complexity index is 1080. The molecule has 114 valence electrons. The van der Waals surface area contributed by atoms with Crippen molar-refractivity contribution in [2.75, 3.05) is 5.73 Å². The Morgan fingerprint density at radius 3 is 2.79 bits per heavy atom. The van der Waals surface area contributed by atoms with Crippen LogP contribution in [0.25, 0.3) is 28.0 Å². The van der Waals surface area contributed by atoms with Crippen LogP contribution < -0.4 is 5.73 Å². The molecule has 3 heterocycles. The van der Waals surface area contributed by atoms with E-state index in [1.165, 1.54) is 0 Å². The zero-order chi connectivity index (χ0) is 16.5. The van der Waals surface area contributed by atoms with Crippen LogP contribution in [0.2, 0.25) is 0 Å². The fourth-order valence-corrected chi connectivity index (χ4v) is 2.49. The Kier molecular flexibility index (Phi) is 3.14. The summed E-state index contributed by atoms with van der Waals surface area (Å²) in [6.45, 7) is 0. The summed E-state index contributed by atoms with van der Waals surface area (Å²) in [6.07, 6.45) is 5.14. The quantitative estimate of drug-likeness (QED) is 0.608. The van der Waals surface area contributed by atoms with E-state index in [2.05, 4.69) is 20.1 Å². The number of nitrogen functional groups attached to an aromatic ring is 1. The average molecular weight is 313 g/mol. The third-order valence-electron chi connectivity index (χ3n) is 3.61. The van der Waals surface area contributed by atoms with Gasteiger partial charge in [-0.3, -0.25) is 4.98 Å². The minimum Gasteiger partial charge on any atom is -0.381 e. The van der Waals surface area contributed by atoms with Crippen molar-refractivity contribution < 1.29 is 0 Å². The Morgan fingerprint density at radius 2 is 2.00 bits per heavy atom. The first-order valence-electron chi connectivity index (χ1n) is 7.19. The van der Waals surface area contributed by atoms with Gasteiger partial charge in [0.25, 0.3) is 0 Å². The number of hydrogen-bond donors (Lipinski definition) is 1. The molecule has 4 rings (SSSR count). The SMILES string of the molecule is N#Cc1nc(-c2ccc3ncccc3c2)c(-n2cccn2)nc1N. The molecule has 0 fully saturated rings. The first-order valence-corrected chi connectivity index (χ1v) is 7.19. The summed E-state index contributed by atoms with van der Waals surface area (Å²) < 4.78 is 1.58. The molecule has 0 spiro atoms. The van der Waals surface area contributed by atoms with Gasteiger partial charge in [-0.15, -0.1) is 0 Å². The van der Waals surface area contributed by atoms with Crippen molar-refractivity contribution in [3.8, 4) is 23.1 Å². The molecule has 0 saturated carbocycles. The van der Waals surface area contributed by atoms with Crippen LogP contribution >= 0.6 is 0 Å². The van der Waals surface area contributed by atoms with Crippen LogP contribution in [0.3, 0.4) is 0 Å². The highest BCUT2D eigenvalue weighted by molar-refractivity contribution is 5.85. The van der Waals surface area contributed by atoms with Crippen LogP contribution in [-0.2, 0) is 0 Å². The Balaban J connectivity index is 2.00. The van der Waals surface area contributed by atoms with Crippen molar-refractivity contribution in [1.29, 1.82) is 5.26 Å². The van der Waals surface area contributed by atoms with Crippen molar-refractivity contribution in [3.63, 3.8) is 0 Å². The van der Waals surface area contributed by atoms with Gasteiger partial charge in [-0.05, 0) is 24.3 Å². The molecule has 7 heteroatoms. The number of benzene rings is 1. The summed E-state index contributed by atoms with van der Waals surface area (Å²) in [5.74, 6) is 0.550. The van der Waals surface area contributed by atoms with Crippen LogP contribution in [0, 0.1) is 11.3 Å². The molecule has 2 N–H and O–H groups in total. The molecule has 0 bridgehead atoms. The smallest absolute Gasteiger partial charge is 0.183 e. The second-order valence-electron chi connectivity index (χ2n) is 5.10. The monoisotopic (exact) mass is 313 g/mol. The maximum absolute atomic E-state index is 9.22. The topological polar surface area (TPSA) is 106 Å². The fraction of sp³-hybridized carbons (Fsp3) is 0. The van der Waals surface area contributed by atoms with Gasteiger partial charge < -0.3 is 5.73 Å². The third-order valence-corrected chi connectivity index (χ3v) is 3.61. The molecule has 0 aliphatic heterocycles. The summed E-state index contributed by atoms with van der Waals surface area (Å²) in [6, 6.07) is 13.3. The van der Waals surface area contributed by atoms with Crippen molar-refractivity contribution in [2.45, 2.75) is 0 Å². The van der Waals surface area contributed by atoms with Crippen molar-refractivity contribution in [2.24, 2.45) is 0 Å². The maximum atomic E-state index is 9.22. The average Bonchev–Trinajstić information content (AvgIpc) is 3.15. The van der Waals surface area contributed by atoms with Gasteiger partial charge in [0, 0.05) is 29.5 Å². The summed E-state index contributed by atoms with van der Waals surface area (Å²) in [7, 11) is 0. The van der Waals surface area contributed by atoms with Gasteiger partial charge in [-0.25, -0.2) is 14.6 Å². The lowest BCUT2D eigenvalue weighted by molar-refractivity contribution is 0.842. The van der Waals surface area contributed by atoms with Gasteiger partial charge in [0.2, 0.25) is 0 Å². The van der Waals surface area contributed by atoms with Crippen molar-refractivity contribution in [3.05, 3.63) is 60.7 Å². The van der Waals surface area contributed by atoms with E-state index in [0.717, 1.165) is 16.5 Å². The molecular weight excluding hydrogens is 302 g/mol. The molecule has 0 aliphatic carbocycles. The molecule has 0 radical (unpaired) electrons. The molecular formula is C17H11N7. The summed E-state index contributed by atoms with van der Waals surface area (Å²) in [4.78, 5) is 13.0. The van der Waals surface area contributed by atoms with Crippen LogP contribution in [0.1, 0.15) is 5.69 Å². The van der Waals surface area contributed by atoms with E-state index < -0.39 is 0 Å². The number of nitrogens with two attached hydrogens (primary N) is 1. The number of pyridine rings is 1. The third kappa shape index (κ3) is 2.23. The highest BCUT2D eigenvalue weighted by atomic mass is 15.3. The number of anilines is 1. The molecule has 3 aromatic heterocycles. The normalized spacial score (nSPS) is 10.6. The van der Waals surface area contributed by atoms with Gasteiger partial charge in [-0.2, -0.15) is 10.4 Å². The molecule has 0 aliphatic rings. The summed E-state index contributed by atoms with van der Waals surface area (Å²) >= 11 is 0. The predicted molar refractivity (Wildman–Crippen MR) is 89.0 cm³/mol. The first-order chi connectivity index (χ1) is 11.8. The molecule has 0 unspecified atom stereocenters. The molecule has 0 atom stereocenters. The highest BCUT2D eigenvalue weighted by Gasteiger charge is 2.16.